The molecule has 0 aliphatic heterocycles. The summed E-state index contributed by atoms with van der Waals surface area (Å²) >= 11 is 0. The number of carboxylic acids is 1. The number of aromatic nitrogens is 1. The van der Waals surface area contributed by atoms with Gasteiger partial charge in [-0.2, -0.15) is 0 Å². The molecule has 4 nitrogen and oxygen atoms in total. The Hall–Kier alpha value is -1.52. The lowest BCUT2D eigenvalue weighted by Gasteiger charge is -1.83. The summed E-state index contributed by atoms with van der Waals surface area (Å²) in [5, 5.41) is 8.87. The number of fused-ring (bicyclic) bond motifs is 1. The number of para-hydroxylation sites is 1. The number of carbonyl (C=O) groups is 1. The molecule has 1 aromatic heterocycles. The Morgan fingerprint density at radius 1 is 1.33 bits per heavy atom. The highest BCUT2D eigenvalue weighted by molar-refractivity contribution is 5.85. The average molecular weight is 229 g/mol. The Balaban J connectivity index is 0.000000289. The topological polar surface area (TPSA) is 79.1 Å². The van der Waals surface area contributed by atoms with Crippen LogP contribution in [0.25, 0.3) is 10.9 Å². The van der Waals surface area contributed by atoms with Gasteiger partial charge in [0.1, 0.15) is 0 Å². The number of rotatable bonds is 1. The highest BCUT2D eigenvalue weighted by atomic mass is 35.5. The van der Waals surface area contributed by atoms with Crippen molar-refractivity contribution in [2.24, 2.45) is 5.73 Å². The quantitative estimate of drug-likeness (QED) is 0.694. The van der Waals surface area contributed by atoms with Crippen LogP contribution in [-0.2, 0) is 4.79 Å². The molecule has 4 N–H and O–H groups in total. The number of nitrogens with two attached hydrogens (primary N) is 1. The van der Waals surface area contributed by atoms with Crippen LogP contribution < -0.4 is 5.73 Å². The fourth-order valence-electron chi connectivity index (χ4n) is 0.995. The third kappa shape index (κ3) is 4.49. The molecule has 0 atom stereocenters. The van der Waals surface area contributed by atoms with Gasteiger partial charge in [-0.05, 0) is 17.5 Å². The molecule has 2 rings (SSSR count). The predicted molar refractivity (Wildman–Crippen MR) is 62.2 cm³/mol. The summed E-state index contributed by atoms with van der Waals surface area (Å²) in [6.45, 7) is -0.278. The molecule has 0 saturated heterocycles. The zero-order chi connectivity index (χ0) is 10.4. The van der Waals surface area contributed by atoms with E-state index in [-0.39, 0.29) is 19.0 Å². The third-order valence-corrected chi connectivity index (χ3v) is 1.64. The highest BCUT2D eigenvalue weighted by Crippen LogP contribution is 2.09. The summed E-state index contributed by atoms with van der Waals surface area (Å²) in [6, 6.07) is 10.3. The molecule has 0 saturated carbocycles. The van der Waals surface area contributed by atoms with Crippen molar-refractivity contribution in [3.63, 3.8) is 0 Å². The number of nitrogens with one attached hydrogen (secondary N) is 1. The summed E-state index contributed by atoms with van der Waals surface area (Å²) in [5.74, 6) is -0.968. The summed E-state index contributed by atoms with van der Waals surface area (Å²) in [4.78, 5) is 12.4. The summed E-state index contributed by atoms with van der Waals surface area (Å²) in [6.07, 6.45) is 1.95. The largest absolute Gasteiger partial charge is 0.480 e. The average Bonchev–Trinajstić information content (AvgIpc) is 2.66. The van der Waals surface area contributed by atoms with Crippen LogP contribution in [0.2, 0.25) is 0 Å². The van der Waals surface area contributed by atoms with Crippen molar-refractivity contribution in [3.05, 3.63) is 36.5 Å². The lowest BCUT2D eigenvalue weighted by molar-refractivity contribution is -0.135. The maximum atomic E-state index is 9.24. The van der Waals surface area contributed by atoms with Gasteiger partial charge >= 0.3 is 5.97 Å². The maximum absolute atomic E-state index is 9.24. The van der Waals surface area contributed by atoms with Crippen LogP contribution in [0.5, 0.6) is 0 Å². The molecule has 0 bridgehead atoms. The van der Waals surface area contributed by atoms with Gasteiger partial charge in [-0.25, -0.2) is 0 Å². The van der Waals surface area contributed by atoms with E-state index in [0.717, 1.165) is 0 Å². The second-order valence-corrected chi connectivity index (χ2v) is 2.66. The van der Waals surface area contributed by atoms with Gasteiger partial charge in [0, 0.05) is 11.7 Å². The van der Waals surface area contributed by atoms with Crippen molar-refractivity contribution in [2.45, 2.75) is 0 Å². The lowest BCUT2D eigenvalue weighted by Crippen LogP contribution is -2.10. The number of carboxylic acid groups (broad SMARTS) is 1. The van der Waals surface area contributed by atoms with Crippen molar-refractivity contribution in [3.8, 4) is 0 Å². The standard InChI is InChI=1S/C8H7N.C2H5NO2.ClH/c1-2-4-8-7(3-1)5-6-9-8;3-1-2(4)5;/h1-6,9H;1,3H2,(H,4,5);1H. The fraction of sp³-hybridized carbons (Fsp3) is 0.100. The summed E-state index contributed by atoms with van der Waals surface area (Å²) in [5.41, 5.74) is 5.78. The number of H-pyrrole nitrogens is 1. The molecular weight excluding hydrogens is 216 g/mol. The van der Waals surface area contributed by atoms with E-state index in [2.05, 4.69) is 28.9 Å². The smallest absolute Gasteiger partial charge is 0.317 e. The molecule has 0 aliphatic rings. The molecule has 0 aliphatic carbocycles. The van der Waals surface area contributed by atoms with Crippen LogP contribution in [0.1, 0.15) is 0 Å². The molecular formula is C10H13ClN2O2. The highest BCUT2D eigenvalue weighted by Gasteiger charge is 1.86. The van der Waals surface area contributed by atoms with Gasteiger partial charge in [-0.3, -0.25) is 4.79 Å². The van der Waals surface area contributed by atoms with Gasteiger partial charge in [0.05, 0.1) is 6.54 Å². The number of benzene rings is 1. The zero-order valence-corrected chi connectivity index (χ0v) is 8.83. The minimum atomic E-state index is -0.968. The molecule has 5 heteroatoms. The van der Waals surface area contributed by atoms with Gasteiger partial charge in [0.15, 0.2) is 0 Å². The first kappa shape index (κ1) is 13.5. The maximum Gasteiger partial charge on any atom is 0.317 e. The summed E-state index contributed by atoms with van der Waals surface area (Å²) < 4.78 is 0. The first-order valence-corrected chi connectivity index (χ1v) is 4.18. The van der Waals surface area contributed by atoms with Crippen LogP contribution in [0.3, 0.4) is 0 Å². The number of halogens is 1. The van der Waals surface area contributed by atoms with Crippen LogP contribution >= 0.6 is 12.4 Å². The first-order valence-electron chi connectivity index (χ1n) is 4.18. The van der Waals surface area contributed by atoms with Crippen LogP contribution in [-0.4, -0.2) is 22.6 Å². The molecule has 1 aromatic carbocycles. The molecule has 2 aromatic rings. The van der Waals surface area contributed by atoms with E-state index in [1.807, 2.05) is 18.3 Å². The van der Waals surface area contributed by atoms with E-state index in [0.29, 0.717) is 0 Å². The van der Waals surface area contributed by atoms with E-state index >= 15 is 0 Å². The molecule has 15 heavy (non-hydrogen) atoms. The minimum absolute atomic E-state index is 0. The van der Waals surface area contributed by atoms with Crippen LogP contribution in [0, 0.1) is 0 Å². The second-order valence-electron chi connectivity index (χ2n) is 2.66. The Kier molecular flexibility index (Phi) is 6.17. The first-order chi connectivity index (χ1) is 6.74. The van der Waals surface area contributed by atoms with Crippen LogP contribution in [0.15, 0.2) is 36.5 Å². The molecule has 0 radical (unpaired) electrons. The van der Waals surface area contributed by atoms with E-state index in [4.69, 9.17) is 5.11 Å². The fourth-order valence-corrected chi connectivity index (χ4v) is 0.995. The lowest BCUT2D eigenvalue weighted by atomic mass is 10.3. The molecule has 1 heterocycles. The van der Waals surface area contributed by atoms with Crippen molar-refractivity contribution in [1.82, 2.24) is 4.98 Å². The molecule has 0 amide bonds. The van der Waals surface area contributed by atoms with Gasteiger partial charge in [0.25, 0.3) is 0 Å². The van der Waals surface area contributed by atoms with Crippen molar-refractivity contribution >= 4 is 29.3 Å². The van der Waals surface area contributed by atoms with Gasteiger partial charge < -0.3 is 15.8 Å². The molecule has 0 unspecified atom stereocenters. The van der Waals surface area contributed by atoms with Crippen LogP contribution in [0.4, 0.5) is 0 Å². The van der Waals surface area contributed by atoms with Gasteiger partial charge in [0.2, 0.25) is 0 Å². The number of aromatic amines is 1. The van der Waals surface area contributed by atoms with E-state index in [1.165, 1.54) is 10.9 Å². The Bertz CT molecular complexity index is 384. The third-order valence-electron chi connectivity index (χ3n) is 1.64. The molecule has 82 valence electrons. The Morgan fingerprint density at radius 3 is 2.47 bits per heavy atom. The van der Waals surface area contributed by atoms with E-state index in [9.17, 15) is 4.79 Å². The molecule has 0 spiro atoms. The number of aliphatic carboxylic acids is 1. The van der Waals surface area contributed by atoms with Crippen molar-refractivity contribution in [1.29, 1.82) is 0 Å². The normalized spacial score (nSPS) is 8.60. The minimum Gasteiger partial charge on any atom is -0.480 e. The number of hydrogen-bond acceptors (Lipinski definition) is 2. The zero-order valence-electron chi connectivity index (χ0n) is 8.01. The van der Waals surface area contributed by atoms with Crippen molar-refractivity contribution < 1.29 is 9.90 Å². The van der Waals surface area contributed by atoms with E-state index < -0.39 is 5.97 Å². The molecule has 0 fully saturated rings. The number of hydrogen-bond donors (Lipinski definition) is 3. The predicted octanol–water partition coefficient (Wildman–Crippen LogP) is 1.62. The van der Waals surface area contributed by atoms with E-state index in [1.54, 1.807) is 0 Å². The van der Waals surface area contributed by atoms with Crippen molar-refractivity contribution in [2.75, 3.05) is 6.54 Å². The summed E-state index contributed by atoms with van der Waals surface area (Å²) in [7, 11) is 0. The van der Waals surface area contributed by atoms with Gasteiger partial charge in [-0.1, -0.05) is 18.2 Å². The Morgan fingerprint density at radius 2 is 1.93 bits per heavy atom. The second kappa shape index (κ2) is 6.86. The van der Waals surface area contributed by atoms with Gasteiger partial charge in [-0.15, -0.1) is 12.4 Å². The Labute approximate surface area is 93.5 Å². The monoisotopic (exact) mass is 228 g/mol. The SMILES string of the molecule is Cl.NCC(=O)O.c1ccc2[nH]ccc2c1.